The highest BCUT2D eigenvalue weighted by molar-refractivity contribution is 6.29. The summed E-state index contributed by atoms with van der Waals surface area (Å²) in [7, 11) is 0. The number of nitrogens with zero attached hydrogens (tertiary/aromatic N) is 1. The Balaban J connectivity index is 0.000000132. The lowest BCUT2D eigenvalue weighted by atomic mass is 10.4. The summed E-state index contributed by atoms with van der Waals surface area (Å²) < 4.78 is 0. The second kappa shape index (κ2) is 6.83. The van der Waals surface area contributed by atoms with Crippen LogP contribution < -0.4 is 10.6 Å². The van der Waals surface area contributed by atoms with E-state index in [0.717, 1.165) is 26.2 Å². The molecule has 4 heteroatoms. The van der Waals surface area contributed by atoms with E-state index >= 15 is 0 Å². The molecule has 0 spiro atoms. The van der Waals surface area contributed by atoms with Gasteiger partial charge in [-0.05, 0) is 12.1 Å². The van der Waals surface area contributed by atoms with E-state index in [1.165, 1.54) is 0 Å². The van der Waals surface area contributed by atoms with Crippen LogP contribution in [0.4, 0.5) is 0 Å². The van der Waals surface area contributed by atoms with Crippen molar-refractivity contribution >= 4 is 11.6 Å². The van der Waals surface area contributed by atoms with E-state index in [1.807, 2.05) is 12.1 Å². The summed E-state index contributed by atoms with van der Waals surface area (Å²) in [4.78, 5) is 3.74. The molecule has 2 heterocycles. The number of hydrogen-bond donors (Lipinski definition) is 2. The average Bonchev–Trinajstić information content (AvgIpc) is 2.22. The molecule has 2 N–H and O–H groups in total. The lowest BCUT2D eigenvalue weighted by Gasteiger charge is -2.11. The molecule has 0 atom stereocenters. The van der Waals surface area contributed by atoms with Crippen molar-refractivity contribution in [3.05, 3.63) is 29.5 Å². The predicted molar refractivity (Wildman–Crippen MR) is 55.0 cm³/mol. The molecule has 1 aliphatic heterocycles. The van der Waals surface area contributed by atoms with Crippen LogP contribution in [0, 0.1) is 0 Å². The SMILES string of the molecule is C1CNCCN1.Clc1ccccn1. The first-order valence-electron chi connectivity index (χ1n) is 4.37. The predicted octanol–water partition coefficient (Wildman–Crippen LogP) is 0.914. The summed E-state index contributed by atoms with van der Waals surface area (Å²) in [5.41, 5.74) is 0. The molecule has 0 aromatic carbocycles. The van der Waals surface area contributed by atoms with Crippen molar-refractivity contribution in [1.29, 1.82) is 0 Å². The van der Waals surface area contributed by atoms with Crippen molar-refractivity contribution in [2.75, 3.05) is 26.2 Å². The van der Waals surface area contributed by atoms with Crippen LogP contribution in [0.2, 0.25) is 5.15 Å². The second-order valence-electron chi connectivity index (χ2n) is 2.65. The summed E-state index contributed by atoms with van der Waals surface area (Å²) in [6.07, 6.45) is 1.66. The van der Waals surface area contributed by atoms with E-state index in [4.69, 9.17) is 11.6 Å². The Bertz CT molecular complexity index is 200. The van der Waals surface area contributed by atoms with E-state index in [2.05, 4.69) is 15.6 Å². The van der Waals surface area contributed by atoms with Gasteiger partial charge in [0, 0.05) is 32.4 Å². The molecule has 2 rings (SSSR count). The molecule has 72 valence electrons. The first kappa shape index (κ1) is 10.4. The van der Waals surface area contributed by atoms with Gasteiger partial charge in [-0.3, -0.25) is 0 Å². The number of pyridine rings is 1. The molecule has 1 saturated heterocycles. The molecule has 0 saturated carbocycles. The highest BCUT2D eigenvalue weighted by atomic mass is 35.5. The van der Waals surface area contributed by atoms with E-state index in [1.54, 1.807) is 12.3 Å². The molecule has 0 aliphatic carbocycles. The fraction of sp³-hybridized carbons (Fsp3) is 0.444. The zero-order chi connectivity index (χ0) is 9.36. The minimum Gasteiger partial charge on any atom is -0.314 e. The Hall–Kier alpha value is -0.640. The van der Waals surface area contributed by atoms with Gasteiger partial charge in [-0.25, -0.2) is 4.98 Å². The number of piperazine rings is 1. The minimum atomic E-state index is 0.544. The van der Waals surface area contributed by atoms with Crippen molar-refractivity contribution in [3.63, 3.8) is 0 Å². The Morgan fingerprint density at radius 3 is 1.92 bits per heavy atom. The van der Waals surface area contributed by atoms with Crippen molar-refractivity contribution < 1.29 is 0 Å². The Kier molecular flexibility index (Phi) is 5.49. The third kappa shape index (κ3) is 5.58. The van der Waals surface area contributed by atoms with E-state index in [0.29, 0.717) is 5.15 Å². The molecule has 0 radical (unpaired) electrons. The van der Waals surface area contributed by atoms with Crippen LogP contribution in [-0.4, -0.2) is 31.2 Å². The van der Waals surface area contributed by atoms with E-state index < -0.39 is 0 Å². The summed E-state index contributed by atoms with van der Waals surface area (Å²) in [6.45, 7) is 4.56. The van der Waals surface area contributed by atoms with Gasteiger partial charge in [-0.15, -0.1) is 0 Å². The van der Waals surface area contributed by atoms with Gasteiger partial charge in [0.25, 0.3) is 0 Å². The number of halogens is 1. The van der Waals surface area contributed by atoms with Crippen LogP contribution in [0.25, 0.3) is 0 Å². The molecule has 1 aromatic heterocycles. The fourth-order valence-corrected chi connectivity index (χ4v) is 1.07. The van der Waals surface area contributed by atoms with Gasteiger partial charge in [-0.2, -0.15) is 0 Å². The van der Waals surface area contributed by atoms with Gasteiger partial charge < -0.3 is 10.6 Å². The van der Waals surface area contributed by atoms with Gasteiger partial charge in [-0.1, -0.05) is 17.7 Å². The molecule has 13 heavy (non-hydrogen) atoms. The number of rotatable bonds is 0. The van der Waals surface area contributed by atoms with Crippen LogP contribution >= 0.6 is 11.6 Å². The smallest absolute Gasteiger partial charge is 0.129 e. The third-order valence-electron chi connectivity index (χ3n) is 1.59. The Labute approximate surface area is 83.5 Å². The quantitative estimate of drug-likeness (QED) is 0.610. The molecule has 0 bridgehead atoms. The molecular weight excluding hydrogens is 186 g/mol. The summed E-state index contributed by atoms with van der Waals surface area (Å²) >= 11 is 5.43. The first-order valence-corrected chi connectivity index (χ1v) is 4.75. The summed E-state index contributed by atoms with van der Waals surface area (Å²) in [5.74, 6) is 0. The van der Waals surface area contributed by atoms with Crippen LogP contribution in [0.1, 0.15) is 0 Å². The Morgan fingerprint density at radius 2 is 1.69 bits per heavy atom. The van der Waals surface area contributed by atoms with Crippen LogP contribution in [-0.2, 0) is 0 Å². The summed E-state index contributed by atoms with van der Waals surface area (Å²) in [5, 5.41) is 6.99. The molecule has 1 fully saturated rings. The largest absolute Gasteiger partial charge is 0.314 e. The zero-order valence-corrected chi connectivity index (χ0v) is 8.22. The number of nitrogens with one attached hydrogen (secondary N) is 2. The van der Waals surface area contributed by atoms with E-state index in [9.17, 15) is 0 Å². The molecule has 3 nitrogen and oxygen atoms in total. The molecular formula is C9H14ClN3. The second-order valence-corrected chi connectivity index (χ2v) is 3.04. The lowest BCUT2D eigenvalue weighted by Crippen LogP contribution is -2.39. The highest BCUT2D eigenvalue weighted by Crippen LogP contribution is 1.98. The van der Waals surface area contributed by atoms with Gasteiger partial charge >= 0.3 is 0 Å². The van der Waals surface area contributed by atoms with E-state index in [-0.39, 0.29) is 0 Å². The maximum atomic E-state index is 5.43. The van der Waals surface area contributed by atoms with Crippen molar-refractivity contribution in [2.45, 2.75) is 0 Å². The average molecular weight is 200 g/mol. The van der Waals surface area contributed by atoms with Crippen LogP contribution in [0.3, 0.4) is 0 Å². The molecule has 0 amide bonds. The number of hydrogen-bond acceptors (Lipinski definition) is 3. The van der Waals surface area contributed by atoms with Gasteiger partial charge in [0.1, 0.15) is 5.15 Å². The maximum absolute atomic E-state index is 5.43. The molecule has 1 aromatic rings. The lowest BCUT2D eigenvalue weighted by molar-refractivity contribution is 0.534. The fourth-order valence-electron chi connectivity index (χ4n) is 0.945. The van der Waals surface area contributed by atoms with Crippen LogP contribution in [0.15, 0.2) is 24.4 Å². The van der Waals surface area contributed by atoms with Crippen molar-refractivity contribution in [2.24, 2.45) is 0 Å². The van der Waals surface area contributed by atoms with Gasteiger partial charge in [0.05, 0.1) is 0 Å². The topological polar surface area (TPSA) is 37.0 Å². The van der Waals surface area contributed by atoms with Gasteiger partial charge in [0.15, 0.2) is 0 Å². The third-order valence-corrected chi connectivity index (χ3v) is 1.81. The Morgan fingerprint density at radius 1 is 1.08 bits per heavy atom. The van der Waals surface area contributed by atoms with Gasteiger partial charge in [0.2, 0.25) is 0 Å². The summed E-state index contributed by atoms with van der Waals surface area (Å²) in [6, 6.07) is 5.41. The number of aromatic nitrogens is 1. The molecule has 0 unspecified atom stereocenters. The van der Waals surface area contributed by atoms with Crippen LogP contribution in [0.5, 0.6) is 0 Å². The van der Waals surface area contributed by atoms with Crippen molar-refractivity contribution in [1.82, 2.24) is 15.6 Å². The first-order chi connectivity index (χ1) is 6.39. The molecule has 1 aliphatic rings. The highest BCUT2D eigenvalue weighted by Gasteiger charge is 1.91. The maximum Gasteiger partial charge on any atom is 0.129 e. The zero-order valence-electron chi connectivity index (χ0n) is 7.46. The minimum absolute atomic E-state index is 0.544. The normalized spacial score (nSPS) is 15.8. The van der Waals surface area contributed by atoms with Crippen molar-refractivity contribution in [3.8, 4) is 0 Å². The standard InChI is InChI=1S/C5H4ClN.C4H10N2/c6-5-3-1-2-4-7-5;1-2-6-4-3-5-1/h1-4H;5-6H,1-4H2. The monoisotopic (exact) mass is 199 g/mol.